The highest BCUT2D eigenvalue weighted by Gasteiger charge is 2.10. The maximum atomic E-state index is 12.3. The quantitative estimate of drug-likeness (QED) is 0.702. The van der Waals surface area contributed by atoms with Crippen LogP contribution in [0.2, 0.25) is 0 Å². The van der Waals surface area contributed by atoms with E-state index in [1.54, 1.807) is 37.4 Å². The van der Waals surface area contributed by atoms with Crippen LogP contribution in [0.4, 0.5) is 11.5 Å². The van der Waals surface area contributed by atoms with Gasteiger partial charge in [-0.15, -0.1) is 10.2 Å². The van der Waals surface area contributed by atoms with Crippen LogP contribution in [0.5, 0.6) is 5.75 Å². The average Bonchev–Trinajstić information content (AvgIpc) is 2.73. The van der Waals surface area contributed by atoms with Crippen molar-refractivity contribution in [1.82, 2.24) is 15.5 Å². The summed E-state index contributed by atoms with van der Waals surface area (Å²) >= 11 is 0. The average molecular weight is 359 g/mol. The first-order valence-corrected chi connectivity index (χ1v) is 8.20. The molecule has 3 aromatic rings. The molecule has 0 saturated carbocycles. The van der Waals surface area contributed by atoms with Gasteiger partial charge in [0.15, 0.2) is 11.5 Å². The second-order valence-electron chi connectivity index (χ2n) is 5.62. The highest BCUT2D eigenvalue weighted by molar-refractivity contribution is 5.92. The topological polar surface area (TPSA) is 99.9 Å². The first kappa shape index (κ1) is 17.9. The third kappa shape index (κ3) is 4.58. The molecule has 2 N–H and O–H groups in total. The number of carbonyl (C=O) groups excluding carboxylic acids is 1. The Balaban J connectivity index is 1.62. The summed E-state index contributed by atoms with van der Waals surface area (Å²) in [7, 11) is 1.59. The van der Waals surface area contributed by atoms with E-state index in [9.17, 15) is 4.79 Å². The summed E-state index contributed by atoms with van der Waals surface area (Å²) in [6, 6.07) is 19.8. The fraction of sp³-hybridized carbons (Fsp3) is 0.100. The van der Waals surface area contributed by atoms with E-state index >= 15 is 0 Å². The molecule has 7 heteroatoms. The fourth-order valence-electron chi connectivity index (χ4n) is 2.45. The lowest BCUT2D eigenvalue weighted by molar-refractivity contribution is 0.0944. The van der Waals surface area contributed by atoms with Gasteiger partial charge in [0.1, 0.15) is 5.75 Å². The molecule has 0 saturated heterocycles. The molecule has 2 aromatic carbocycles. The van der Waals surface area contributed by atoms with Crippen molar-refractivity contribution < 1.29 is 9.53 Å². The second-order valence-corrected chi connectivity index (χ2v) is 5.62. The molecule has 1 heterocycles. The number of rotatable bonds is 6. The van der Waals surface area contributed by atoms with E-state index in [-0.39, 0.29) is 11.6 Å². The number of benzene rings is 2. The summed E-state index contributed by atoms with van der Waals surface area (Å²) < 4.78 is 5.26. The maximum Gasteiger partial charge on any atom is 0.272 e. The maximum absolute atomic E-state index is 12.3. The van der Waals surface area contributed by atoms with E-state index in [1.807, 2.05) is 30.3 Å². The van der Waals surface area contributed by atoms with E-state index < -0.39 is 0 Å². The fourth-order valence-corrected chi connectivity index (χ4v) is 2.45. The number of aromatic nitrogens is 2. The van der Waals surface area contributed by atoms with Gasteiger partial charge in [0.05, 0.1) is 18.7 Å². The molecule has 0 bridgehead atoms. The number of methoxy groups -OCH3 is 1. The zero-order chi connectivity index (χ0) is 19.1. The number of para-hydroxylation sites is 1. The summed E-state index contributed by atoms with van der Waals surface area (Å²) in [6.07, 6.45) is 0. The Labute approximate surface area is 156 Å². The summed E-state index contributed by atoms with van der Waals surface area (Å²) in [4.78, 5) is 12.3. The van der Waals surface area contributed by atoms with E-state index in [0.29, 0.717) is 23.7 Å². The van der Waals surface area contributed by atoms with Crippen LogP contribution in [-0.4, -0.2) is 23.2 Å². The second kappa shape index (κ2) is 8.45. The van der Waals surface area contributed by atoms with Gasteiger partial charge in [-0.1, -0.05) is 24.3 Å². The predicted octanol–water partition coefficient (Wildman–Crippen LogP) is 3.03. The van der Waals surface area contributed by atoms with E-state index in [2.05, 4.69) is 26.9 Å². The number of nitrogens with one attached hydrogen (secondary N) is 2. The number of amides is 1. The van der Waals surface area contributed by atoms with Crippen molar-refractivity contribution in [3.8, 4) is 11.8 Å². The molecular weight excluding hydrogens is 342 g/mol. The standard InChI is InChI=1S/C20H17N5O2/c1-27-18-8-3-2-6-15(18)13-22-20(26)17-9-10-19(25-24-17)23-16-7-4-5-14(11-16)12-21/h2-11H,13H2,1H3,(H,22,26)(H,23,25). The van der Waals surface area contributed by atoms with Crippen LogP contribution in [0, 0.1) is 11.3 Å². The Morgan fingerprint density at radius 3 is 2.70 bits per heavy atom. The predicted molar refractivity (Wildman–Crippen MR) is 101 cm³/mol. The van der Waals surface area contributed by atoms with Gasteiger partial charge in [-0.25, -0.2) is 0 Å². The van der Waals surface area contributed by atoms with Crippen molar-refractivity contribution in [2.45, 2.75) is 6.54 Å². The van der Waals surface area contributed by atoms with Crippen LogP contribution in [0.3, 0.4) is 0 Å². The molecular formula is C20H17N5O2. The highest BCUT2D eigenvalue weighted by Crippen LogP contribution is 2.17. The molecule has 0 atom stereocenters. The van der Waals surface area contributed by atoms with E-state index in [1.165, 1.54) is 0 Å². The van der Waals surface area contributed by atoms with Crippen LogP contribution in [-0.2, 0) is 6.54 Å². The number of ether oxygens (including phenoxy) is 1. The smallest absolute Gasteiger partial charge is 0.272 e. The molecule has 1 aromatic heterocycles. The SMILES string of the molecule is COc1ccccc1CNC(=O)c1ccc(Nc2cccc(C#N)c2)nn1. The molecule has 0 aliphatic heterocycles. The van der Waals surface area contributed by atoms with Gasteiger partial charge in [0, 0.05) is 17.8 Å². The van der Waals surface area contributed by atoms with Crippen molar-refractivity contribution in [3.63, 3.8) is 0 Å². The summed E-state index contributed by atoms with van der Waals surface area (Å²) in [5, 5.41) is 22.7. The number of carbonyl (C=O) groups is 1. The molecule has 3 rings (SSSR count). The van der Waals surface area contributed by atoms with Gasteiger partial charge < -0.3 is 15.4 Å². The van der Waals surface area contributed by atoms with Crippen LogP contribution in [0.25, 0.3) is 0 Å². The lowest BCUT2D eigenvalue weighted by atomic mass is 10.2. The lowest BCUT2D eigenvalue weighted by Crippen LogP contribution is -2.24. The molecule has 0 aliphatic carbocycles. The molecule has 27 heavy (non-hydrogen) atoms. The molecule has 1 amide bonds. The van der Waals surface area contributed by atoms with Crippen molar-refractivity contribution in [2.24, 2.45) is 0 Å². The number of hydrogen-bond donors (Lipinski definition) is 2. The lowest BCUT2D eigenvalue weighted by Gasteiger charge is -2.09. The zero-order valence-electron chi connectivity index (χ0n) is 14.6. The molecule has 7 nitrogen and oxygen atoms in total. The molecule has 0 aliphatic rings. The van der Waals surface area contributed by atoms with E-state index in [0.717, 1.165) is 11.3 Å². The van der Waals surface area contributed by atoms with Crippen molar-refractivity contribution in [2.75, 3.05) is 12.4 Å². The number of nitrogens with zero attached hydrogens (tertiary/aromatic N) is 3. The van der Waals surface area contributed by atoms with Gasteiger partial charge in [-0.3, -0.25) is 4.79 Å². The van der Waals surface area contributed by atoms with E-state index in [4.69, 9.17) is 10.00 Å². The van der Waals surface area contributed by atoms with Crippen molar-refractivity contribution in [3.05, 3.63) is 77.5 Å². The van der Waals surface area contributed by atoms with Crippen molar-refractivity contribution in [1.29, 1.82) is 5.26 Å². The monoisotopic (exact) mass is 359 g/mol. The first-order chi connectivity index (χ1) is 13.2. The van der Waals surface area contributed by atoms with Crippen LogP contribution >= 0.6 is 0 Å². The molecule has 134 valence electrons. The summed E-state index contributed by atoms with van der Waals surface area (Å²) in [5.74, 6) is 0.862. The summed E-state index contributed by atoms with van der Waals surface area (Å²) in [5.41, 5.74) is 2.34. The van der Waals surface area contributed by atoms with Gasteiger partial charge in [0.25, 0.3) is 5.91 Å². The Morgan fingerprint density at radius 1 is 1.11 bits per heavy atom. The normalized spacial score (nSPS) is 9.93. The number of nitriles is 1. The third-order valence-electron chi connectivity index (χ3n) is 3.79. The Hall–Kier alpha value is -3.92. The van der Waals surface area contributed by atoms with Gasteiger partial charge in [-0.05, 0) is 36.4 Å². The Bertz CT molecular complexity index is 980. The van der Waals surface area contributed by atoms with Crippen LogP contribution in [0.15, 0.2) is 60.7 Å². The van der Waals surface area contributed by atoms with Crippen molar-refractivity contribution >= 4 is 17.4 Å². The van der Waals surface area contributed by atoms with Gasteiger partial charge in [0.2, 0.25) is 0 Å². The minimum absolute atomic E-state index is 0.209. The minimum Gasteiger partial charge on any atom is -0.496 e. The van der Waals surface area contributed by atoms with Gasteiger partial charge in [-0.2, -0.15) is 5.26 Å². The molecule has 0 unspecified atom stereocenters. The highest BCUT2D eigenvalue weighted by atomic mass is 16.5. The first-order valence-electron chi connectivity index (χ1n) is 8.20. The molecule has 0 radical (unpaired) electrons. The molecule has 0 spiro atoms. The van der Waals surface area contributed by atoms with Crippen LogP contribution < -0.4 is 15.4 Å². The number of anilines is 2. The third-order valence-corrected chi connectivity index (χ3v) is 3.79. The summed E-state index contributed by atoms with van der Waals surface area (Å²) in [6.45, 7) is 0.325. The Morgan fingerprint density at radius 2 is 1.96 bits per heavy atom. The largest absolute Gasteiger partial charge is 0.496 e. The van der Waals surface area contributed by atoms with Crippen LogP contribution in [0.1, 0.15) is 21.6 Å². The zero-order valence-corrected chi connectivity index (χ0v) is 14.6. The minimum atomic E-state index is -0.327. The Kier molecular flexibility index (Phi) is 5.60. The molecule has 0 fully saturated rings. The van der Waals surface area contributed by atoms with Gasteiger partial charge >= 0.3 is 0 Å². The number of hydrogen-bond acceptors (Lipinski definition) is 6.